The Labute approximate surface area is 143 Å². The lowest BCUT2D eigenvalue weighted by Gasteiger charge is -2.27. The van der Waals surface area contributed by atoms with Crippen molar-refractivity contribution in [2.75, 3.05) is 20.4 Å². The number of hydrogen-bond donors (Lipinski definition) is 0. The molecule has 25 heavy (non-hydrogen) atoms. The predicted molar refractivity (Wildman–Crippen MR) is 85.6 cm³/mol. The highest BCUT2D eigenvalue weighted by molar-refractivity contribution is 5.95. The summed E-state index contributed by atoms with van der Waals surface area (Å²) in [5.74, 6) is 0.682. The minimum absolute atomic E-state index is 0.0928. The third-order valence-electron chi connectivity index (χ3n) is 4.53. The third kappa shape index (κ3) is 2.50. The van der Waals surface area contributed by atoms with Gasteiger partial charge in [0.05, 0.1) is 19.3 Å². The van der Waals surface area contributed by atoms with Gasteiger partial charge in [-0.05, 0) is 24.6 Å². The number of aryl methyl sites for hydroxylation is 1. The van der Waals surface area contributed by atoms with E-state index in [-0.39, 0.29) is 12.7 Å². The van der Waals surface area contributed by atoms with Crippen LogP contribution >= 0.6 is 0 Å². The van der Waals surface area contributed by atoms with Crippen LogP contribution in [0.15, 0.2) is 18.2 Å². The number of nitrogens with zero attached hydrogens (tertiary/aromatic N) is 3. The molecule has 0 unspecified atom stereocenters. The number of rotatable bonds is 2. The Hall–Kier alpha value is -3.03. The summed E-state index contributed by atoms with van der Waals surface area (Å²) in [4.78, 5) is 26.4. The number of ether oxygens (including phenoxy) is 3. The van der Waals surface area contributed by atoms with Crippen molar-refractivity contribution >= 4 is 11.9 Å². The lowest BCUT2D eigenvalue weighted by atomic mass is 10.0. The van der Waals surface area contributed by atoms with Crippen LogP contribution in [0.4, 0.5) is 0 Å². The van der Waals surface area contributed by atoms with Gasteiger partial charge in [0.1, 0.15) is 0 Å². The molecule has 0 bridgehead atoms. The van der Waals surface area contributed by atoms with Gasteiger partial charge in [-0.1, -0.05) is 0 Å². The van der Waals surface area contributed by atoms with Crippen LogP contribution in [0.3, 0.4) is 0 Å². The number of carbonyl (C=O) groups is 2. The molecule has 8 nitrogen and oxygen atoms in total. The minimum Gasteiger partial charge on any atom is -0.464 e. The van der Waals surface area contributed by atoms with Crippen LogP contribution in [0, 0.1) is 0 Å². The maximum atomic E-state index is 12.8. The van der Waals surface area contributed by atoms with E-state index in [1.165, 1.54) is 7.11 Å². The highest BCUT2D eigenvalue weighted by atomic mass is 16.7. The summed E-state index contributed by atoms with van der Waals surface area (Å²) >= 11 is 0. The molecule has 2 aliphatic heterocycles. The van der Waals surface area contributed by atoms with Crippen LogP contribution in [-0.2, 0) is 24.8 Å². The van der Waals surface area contributed by atoms with E-state index >= 15 is 0 Å². The monoisotopic (exact) mass is 343 g/mol. The second kappa shape index (κ2) is 5.80. The molecular weight excluding hydrogens is 326 g/mol. The lowest BCUT2D eigenvalue weighted by Crippen LogP contribution is -2.36. The zero-order valence-electron chi connectivity index (χ0n) is 13.9. The molecule has 4 rings (SSSR count). The maximum Gasteiger partial charge on any atom is 0.358 e. The first kappa shape index (κ1) is 15.5. The molecule has 2 aromatic rings. The van der Waals surface area contributed by atoms with E-state index in [1.54, 1.807) is 34.8 Å². The van der Waals surface area contributed by atoms with E-state index in [2.05, 4.69) is 5.10 Å². The quantitative estimate of drug-likeness (QED) is 0.761. The topological polar surface area (TPSA) is 82.9 Å². The Morgan fingerprint density at radius 1 is 1.24 bits per heavy atom. The van der Waals surface area contributed by atoms with E-state index in [4.69, 9.17) is 14.2 Å². The fraction of sp³-hybridized carbons (Fsp3) is 0.353. The third-order valence-corrected chi connectivity index (χ3v) is 4.53. The van der Waals surface area contributed by atoms with Gasteiger partial charge in [0.2, 0.25) is 6.79 Å². The van der Waals surface area contributed by atoms with E-state index < -0.39 is 5.97 Å². The summed E-state index contributed by atoms with van der Waals surface area (Å²) in [5.41, 5.74) is 2.57. The fourth-order valence-electron chi connectivity index (χ4n) is 3.22. The Morgan fingerprint density at radius 2 is 2.04 bits per heavy atom. The molecule has 0 N–H and O–H groups in total. The molecule has 1 aromatic heterocycles. The first-order chi connectivity index (χ1) is 12.1. The Bertz CT molecular complexity index is 873. The highest BCUT2D eigenvalue weighted by Crippen LogP contribution is 2.33. The van der Waals surface area contributed by atoms with Crippen molar-refractivity contribution in [3.8, 4) is 11.5 Å². The molecule has 1 aromatic carbocycles. The van der Waals surface area contributed by atoms with Crippen LogP contribution in [0.1, 0.15) is 32.1 Å². The molecule has 8 heteroatoms. The van der Waals surface area contributed by atoms with Crippen molar-refractivity contribution in [3.05, 3.63) is 40.7 Å². The van der Waals surface area contributed by atoms with E-state index in [0.29, 0.717) is 42.3 Å². The molecular formula is C17H17N3O5. The van der Waals surface area contributed by atoms with Crippen molar-refractivity contribution in [2.24, 2.45) is 7.05 Å². The Balaban J connectivity index is 1.59. The molecule has 0 saturated carbocycles. The number of aromatic nitrogens is 2. The summed E-state index contributed by atoms with van der Waals surface area (Å²) in [5, 5.41) is 4.24. The highest BCUT2D eigenvalue weighted by Gasteiger charge is 2.30. The molecule has 130 valence electrons. The van der Waals surface area contributed by atoms with Crippen LogP contribution < -0.4 is 9.47 Å². The fourth-order valence-corrected chi connectivity index (χ4v) is 3.22. The average Bonchev–Trinajstić information content (AvgIpc) is 3.24. The van der Waals surface area contributed by atoms with Crippen molar-refractivity contribution in [3.63, 3.8) is 0 Å². The normalized spacial score (nSPS) is 15.0. The smallest absolute Gasteiger partial charge is 0.358 e. The Morgan fingerprint density at radius 3 is 2.84 bits per heavy atom. The summed E-state index contributed by atoms with van der Waals surface area (Å²) in [7, 11) is 3.10. The predicted octanol–water partition coefficient (Wildman–Crippen LogP) is 1.13. The van der Waals surface area contributed by atoms with Crippen molar-refractivity contribution in [2.45, 2.75) is 13.0 Å². The number of methoxy groups -OCH3 is 1. The molecule has 1 amide bonds. The number of amides is 1. The summed E-state index contributed by atoms with van der Waals surface area (Å²) in [6.07, 6.45) is 0.559. The van der Waals surface area contributed by atoms with Crippen LogP contribution in [0.5, 0.6) is 11.5 Å². The molecule has 0 radical (unpaired) electrons. The van der Waals surface area contributed by atoms with E-state index in [0.717, 1.165) is 11.3 Å². The molecule has 2 aliphatic rings. The molecule has 0 atom stereocenters. The lowest BCUT2D eigenvalue weighted by molar-refractivity contribution is 0.0591. The number of carbonyl (C=O) groups excluding carboxylic acids is 2. The molecule has 0 saturated heterocycles. The van der Waals surface area contributed by atoms with Gasteiger partial charge in [-0.2, -0.15) is 5.10 Å². The van der Waals surface area contributed by atoms with Gasteiger partial charge in [-0.15, -0.1) is 0 Å². The second-order valence-electron chi connectivity index (χ2n) is 5.93. The van der Waals surface area contributed by atoms with Crippen molar-refractivity contribution < 1.29 is 23.8 Å². The van der Waals surface area contributed by atoms with Gasteiger partial charge in [0.15, 0.2) is 17.2 Å². The van der Waals surface area contributed by atoms with Gasteiger partial charge in [0.25, 0.3) is 5.91 Å². The molecule has 0 fully saturated rings. The number of fused-ring (bicyclic) bond motifs is 2. The second-order valence-corrected chi connectivity index (χ2v) is 5.93. The molecule has 0 aliphatic carbocycles. The van der Waals surface area contributed by atoms with Crippen molar-refractivity contribution in [1.29, 1.82) is 0 Å². The average molecular weight is 343 g/mol. The first-order valence-electron chi connectivity index (χ1n) is 7.90. The van der Waals surface area contributed by atoms with Gasteiger partial charge < -0.3 is 19.1 Å². The molecule has 3 heterocycles. The standard InChI is InChI=1S/C17H17N3O5/c1-19-12-8-20(6-5-11(12)15(18-19)17(22)23-2)16(21)10-3-4-13-14(7-10)25-9-24-13/h3-4,7H,5-6,8-9H2,1-2H3. The summed E-state index contributed by atoms with van der Waals surface area (Å²) in [6.45, 7) is 1.07. The summed E-state index contributed by atoms with van der Waals surface area (Å²) in [6, 6.07) is 5.17. The van der Waals surface area contributed by atoms with Crippen LogP contribution in [0.2, 0.25) is 0 Å². The van der Waals surface area contributed by atoms with Gasteiger partial charge in [-0.25, -0.2) is 4.79 Å². The SMILES string of the molecule is COC(=O)c1nn(C)c2c1CCN(C(=O)c1ccc3c(c1)OCO3)C2. The van der Waals surface area contributed by atoms with E-state index in [1.807, 2.05) is 0 Å². The first-order valence-corrected chi connectivity index (χ1v) is 7.90. The number of hydrogen-bond acceptors (Lipinski definition) is 6. The zero-order chi connectivity index (χ0) is 17.6. The van der Waals surface area contributed by atoms with Crippen LogP contribution in [0.25, 0.3) is 0 Å². The summed E-state index contributed by atoms with van der Waals surface area (Å²) < 4.78 is 17.0. The van der Waals surface area contributed by atoms with Gasteiger partial charge >= 0.3 is 5.97 Å². The molecule has 0 spiro atoms. The zero-order valence-corrected chi connectivity index (χ0v) is 13.9. The van der Waals surface area contributed by atoms with Crippen molar-refractivity contribution in [1.82, 2.24) is 14.7 Å². The number of esters is 1. The minimum atomic E-state index is -0.451. The maximum absolute atomic E-state index is 12.8. The van der Waals surface area contributed by atoms with Gasteiger partial charge in [0, 0.05) is 24.7 Å². The largest absolute Gasteiger partial charge is 0.464 e. The Kier molecular flexibility index (Phi) is 3.60. The van der Waals surface area contributed by atoms with Crippen LogP contribution in [-0.4, -0.2) is 47.0 Å². The van der Waals surface area contributed by atoms with Gasteiger partial charge in [-0.3, -0.25) is 9.48 Å². The van der Waals surface area contributed by atoms with E-state index in [9.17, 15) is 9.59 Å². The number of benzene rings is 1.